The van der Waals surface area contributed by atoms with Gasteiger partial charge in [0.15, 0.2) is 16.7 Å². The van der Waals surface area contributed by atoms with Crippen LogP contribution in [0.2, 0.25) is 0 Å². The summed E-state index contributed by atoms with van der Waals surface area (Å²) in [6, 6.07) is 11.9. The molecule has 154 valence electrons. The second kappa shape index (κ2) is 9.40. The number of benzene rings is 1. The van der Waals surface area contributed by atoms with E-state index in [9.17, 15) is 0 Å². The lowest BCUT2D eigenvalue weighted by atomic mass is 10.2. The third kappa shape index (κ3) is 4.39. The number of nitrogens with one attached hydrogen (secondary N) is 1. The minimum atomic E-state index is 0.680. The molecule has 0 fully saturated rings. The van der Waals surface area contributed by atoms with E-state index in [1.165, 1.54) is 10.5 Å². The molecule has 1 aromatic carbocycles. The first kappa shape index (κ1) is 20.6. The Morgan fingerprint density at radius 1 is 0.900 bits per heavy atom. The molecule has 4 aromatic rings. The molecule has 0 aliphatic carbocycles. The minimum Gasteiger partial charge on any atom is -0.493 e. The standard InChI is InChI=1S/C22H22N4O2S2/c1-14-17(12-30-22-25-15-6-4-5-7-16(15)26-22)23-11-9-20(14)29-13-18-21(28-3)19(27-2)8-10-24-18/h4-11H,12-13H2,1-3H3,(H,25,26). The summed E-state index contributed by atoms with van der Waals surface area (Å²) in [5, 5.41) is 0.903. The van der Waals surface area contributed by atoms with E-state index in [0.29, 0.717) is 17.3 Å². The van der Waals surface area contributed by atoms with Crippen molar-refractivity contribution in [1.29, 1.82) is 0 Å². The zero-order chi connectivity index (χ0) is 20.9. The molecule has 1 N–H and O–H groups in total. The molecule has 0 aliphatic rings. The lowest BCUT2D eigenvalue weighted by molar-refractivity contribution is 0.350. The van der Waals surface area contributed by atoms with E-state index in [-0.39, 0.29) is 0 Å². The normalized spacial score (nSPS) is 11.0. The first-order chi connectivity index (χ1) is 14.7. The zero-order valence-corrected chi connectivity index (χ0v) is 18.6. The highest BCUT2D eigenvalue weighted by Gasteiger charge is 2.13. The first-order valence-electron chi connectivity index (χ1n) is 9.40. The molecule has 4 rings (SSSR count). The van der Waals surface area contributed by atoms with Gasteiger partial charge in [-0.3, -0.25) is 9.97 Å². The number of hydrogen-bond acceptors (Lipinski definition) is 7. The second-order valence-electron chi connectivity index (χ2n) is 6.51. The smallest absolute Gasteiger partial charge is 0.183 e. The van der Waals surface area contributed by atoms with Crippen LogP contribution in [-0.4, -0.2) is 34.2 Å². The van der Waals surface area contributed by atoms with Gasteiger partial charge in [-0.05, 0) is 30.7 Å². The molecule has 0 unspecified atom stereocenters. The summed E-state index contributed by atoms with van der Waals surface area (Å²) in [7, 11) is 3.27. The van der Waals surface area contributed by atoms with Crippen LogP contribution in [0.4, 0.5) is 0 Å². The number of pyridine rings is 2. The van der Waals surface area contributed by atoms with E-state index in [0.717, 1.165) is 33.3 Å². The van der Waals surface area contributed by atoms with Crippen LogP contribution < -0.4 is 9.47 Å². The van der Waals surface area contributed by atoms with Crippen LogP contribution in [0.15, 0.2) is 58.8 Å². The predicted molar refractivity (Wildman–Crippen MR) is 122 cm³/mol. The summed E-state index contributed by atoms with van der Waals surface area (Å²) in [5.74, 6) is 2.81. The molecule has 8 heteroatoms. The van der Waals surface area contributed by atoms with Crippen LogP contribution in [0.5, 0.6) is 11.5 Å². The SMILES string of the molecule is COc1ccnc(CSc2ccnc(CSc3nc4ccccc4[nH]3)c2C)c1OC. The van der Waals surface area contributed by atoms with Gasteiger partial charge in [0.2, 0.25) is 0 Å². The number of rotatable bonds is 8. The van der Waals surface area contributed by atoms with Gasteiger partial charge in [-0.2, -0.15) is 0 Å². The quantitative estimate of drug-likeness (QED) is 0.376. The highest BCUT2D eigenvalue weighted by atomic mass is 32.2. The molecule has 0 spiro atoms. The Hall–Kier alpha value is -2.71. The lowest BCUT2D eigenvalue weighted by Gasteiger charge is -2.13. The van der Waals surface area contributed by atoms with E-state index >= 15 is 0 Å². The highest BCUT2D eigenvalue weighted by Crippen LogP contribution is 2.35. The molecule has 0 saturated carbocycles. The van der Waals surface area contributed by atoms with Gasteiger partial charge >= 0.3 is 0 Å². The largest absolute Gasteiger partial charge is 0.493 e. The maximum absolute atomic E-state index is 5.50. The van der Waals surface area contributed by atoms with E-state index in [4.69, 9.17) is 9.47 Å². The Balaban J connectivity index is 1.46. The third-order valence-corrected chi connectivity index (χ3v) is 6.76. The number of para-hydroxylation sites is 2. The number of aromatic amines is 1. The van der Waals surface area contributed by atoms with Crippen molar-refractivity contribution in [2.24, 2.45) is 0 Å². The highest BCUT2D eigenvalue weighted by molar-refractivity contribution is 7.98. The van der Waals surface area contributed by atoms with Crippen molar-refractivity contribution < 1.29 is 9.47 Å². The average Bonchev–Trinajstić information content (AvgIpc) is 3.20. The average molecular weight is 439 g/mol. The van der Waals surface area contributed by atoms with Crippen molar-refractivity contribution in [3.8, 4) is 11.5 Å². The third-order valence-electron chi connectivity index (χ3n) is 4.70. The summed E-state index contributed by atoms with van der Waals surface area (Å²) in [5.41, 5.74) is 5.11. The topological polar surface area (TPSA) is 72.9 Å². The van der Waals surface area contributed by atoms with Gasteiger partial charge in [-0.15, -0.1) is 11.8 Å². The van der Waals surface area contributed by atoms with E-state index in [1.54, 1.807) is 50.0 Å². The van der Waals surface area contributed by atoms with Gasteiger partial charge in [-0.25, -0.2) is 4.98 Å². The maximum atomic E-state index is 5.50. The Bertz CT molecular complexity index is 1130. The van der Waals surface area contributed by atoms with E-state index in [2.05, 4.69) is 26.9 Å². The monoisotopic (exact) mass is 438 g/mol. The number of ether oxygens (including phenoxy) is 2. The lowest BCUT2D eigenvalue weighted by Crippen LogP contribution is -1.98. The van der Waals surface area contributed by atoms with Crippen molar-refractivity contribution >= 4 is 34.6 Å². The fourth-order valence-electron chi connectivity index (χ4n) is 3.09. The van der Waals surface area contributed by atoms with Gasteiger partial charge in [0.25, 0.3) is 0 Å². The number of methoxy groups -OCH3 is 2. The van der Waals surface area contributed by atoms with Gasteiger partial charge in [0.05, 0.1) is 36.6 Å². The zero-order valence-electron chi connectivity index (χ0n) is 17.0. The molecule has 3 aromatic heterocycles. The number of thioether (sulfide) groups is 2. The summed E-state index contributed by atoms with van der Waals surface area (Å²) in [6.45, 7) is 2.11. The minimum absolute atomic E-state index is 0.680. The Kier molecular flexibility index (Phi) is 6.44. The van der Waals surface area contributed by atoms with Crippen LogP contribution >= 0.6 is 23.5 Å². The molecule has 0 aliphatic heterocycles. The molecule has 0 atom stereocenters. The Labute approximate surface area is 183 Å². The van der Waals surface area contributed by atoms with Crippen molar-refractivity contribution in [3.63, 3.8) is 0 Å². The molecular formula is C22H22N4O2S2. The Morgan fingerprint density at radius 3 is 2.47 bits per heavy atom. The molecule has 0 bridgehead atoms. The number of aromatic nitrogens is 4. The number of fused-ring (bicyclic) bond motifs is 1. The number of H-pyrrole nitrogens is 1. The summed E-state index contributed by atoms with van der Waals surface area (Å²) >= 11 is 3.38. The number of nitrogens with zero attached hydrogens (tertiary/aromatic N) is 3. The van der Waals surface area contributed by atoms with E-state index in [1.807, 2.05) is 36.5 Å². The van der Waals surface area contributed by atoms with Crippen LogP contribution in [0, 0.1) is 6.92 Å². The van der Waals surface area contributed by atoms with Crippen molar-refractivity contribution in [2.75, 3.05) is 14.2 Å². The fraction of sp³-hybridized carbons (Fsp3) is 0.227. The van der Waals surface area contributed by atoms with E-state index < -0.39 is 0 Å². The first-order valence-corrected chi connectivity index (χ1v) is 11.4. The van der Waals surface area contributed by atoms with Crippen LogP contribution in [-0.2, 0) is 11.5 Å². The Morgan fingerprint density at radius 2 is 1.67 bits per heavy atom. The van der Waals surface area contributed by atoms with Crippen LogP contribution in [0.3, 0.4) is 0 Å². The van der Waals surface area contributed by atoms with Gasteiger partial charge in [-0.1, -0.05) is 23.9 Å². The summed E-state index contributed by atoms with van der Waals surface area (Å²) in [6.07, 6.45) is 3.60. The summed E-state index contributed by atoms with van der Waals surface area (Å²) < 4.78 is 10.9. The molecule has 3 heterocycles. The molecule has 6 nitrogen and oxygen atoms in total. The number of hydrogen-bond donors (Lipinski definition) is 1. The van der Waals surface area contributed by atoms with Gasteiger partial charge in [0, 0.05) is 34.9 Å². The molecule has 0 saturated heterocycles. The van der Waals surface area contributed by atoms with Crippen molar-refractivity contribution in [3.05, 3.63) is 65.7 Å². The number of imidazole rings is 1. The van der Waals surface area contributed by atoms with Crippen molar-refractivity contribution in [1.82, 2.24) is 19.9 Å². The van der Waals surface area contributed by atoms with Gasteiger partial charge < -0.3 is 14.5 Å². The summed E-state index contributed by atoms with van der Waals surface area (Å²) in [4.78, 5) is 18.2. The molecular weight excluding hydrogens is 416 g/mol. The molecule has 0 radical (unpaired) electrons. The molecule has 30 heavy (non-hydrogen) atoms. The van der Waals surface area contributed by atoms with Crippen LogP contribution in [0.25, 0.3) is 11.0 Å². The maximum Gasteiger partial charge on any atom is 0.183 e. The second-order valence-corrected chi connectivity index (χ2v) is 8.49. The van der Waals surface area contributed by atoms with Crippen LogP contribution in [0.1, 0.15) is 17.0 Å². The predicted octanol–water partition coefficient (Wildman–Crippen LogP) is 5.26. The fourth-order valence-corrected chi connectivity index (χ4v) is 4.99. The molecule has 0 amide bonds. The van der Waals surface area contributed by atoms with Crippen molar-refractivity contribution in [2.45, 2.75) is 28.5 Å². The van der Waals surface area contributed by atoms with Gasteiger partial charge in [0.1, 0.15) is 0 Å².